The van der Waals surface area contributed by atoms with Crippen LogP contribution in [0.2, 0.25) is 10.2 Å². The number of rotatable bonds is 3. The first-order valence-electron chi connectivity index (χ1n) is 5.42. The van der Waals surface area contributed by atoms with E-state index in [1.807, 2.05) is 0 Å². The molecule has 104 valence electrons. The maximum absolute atomic E-state index is 11.5. The third kappa shape index (κ3) is 3.20. The van der Waals surface area contributed by atoms with Gasteiger partial charge < -0.3 is 4.74 Å². The summed E-state index contributed by atoms with van der Waals surface area (Å²) in [5, 5.41) is 1.10. The zero-order valence-corrected chi connectivity index (χ0v) is 12.9. The number of hydrogen-bond acceptors (Lipinski definition) is 6. The molecule has 2 rings (SSSR count). The van der Waals surface area contributed by atoms with Gasteiger partial charge in [-0.2, -0.15) is 0 Å². The van der Waals surface area contributed by atoms with Gasteiger partial charge in [0.15, 0.2) is 5.69 Å². The quantitative estimate of drug-likeness (QED) is 0.635. The van der Waals surface area contributed by atoms with E-state index in [9.17, 15) is 4.79 Å². The van der Waals surface area contributed by atoms with Gasteiger partial charge in [-0.15, -0.1) is 0 Å². The molecular formula is C12H9Cl2N3O2S. The summed E-state index contributed by atoms with van der Waals surface area (Å²) < 4.78 is 4.62. The van der Waals surface area contributed by atoms with Crippen molar-refractivity contribution < 1.29 is 9.53 Å². The number of esters is 1. The predicted molar refractivity (Wildman–Crippen MR) is 76.5 cm³/mol. The van der Waals surface area contributed by atoms with Crippen LogP contribution in [0, 0.1) is 6.92 Å². The molecule has 0 spiro atoms. The van der Waals surface area contributed by atoms with Gasteiger partial charge in [-0.05, 0) is 13.0 Å². The second-order valence-electron chi connectivity index (χ2n) is 3.65. The highest BCUT2D eigenvalue weighted by atomic mass is 35.5. The maximum atomic E-state index is 11.5. The lowest BCUT2D eigenvalue weighted by Gasteiger charge is -2.07. The van der Waals surface area contributed by atoms with Crippen LogP contribution in [0.5, 0.6) is 0 Å². The van der Waals surface area contributed by atoms with Crippen LogP contribution in [-0.2, 0) is 4.74 Å². The number of nitrogens with zero attached hydrogens (tertiary/aromatic N) is 3. The highest BCUT2D eigenvalue weighted by Crippen LogP contribution is 2.36. The Morgan fingerprint density at radius 2 is 2.10 bits per heavy atom. The SMILES string of the molecule is COC(=O)c1cnc(C)c(Sc2ccnc(Cl)c2Cl)n1. The van der Waals surface area contributed by atoms with Crippen LogP contribution < -0.4 is 0 Å². The fourth-order valence-electron chi connectivity index (χ4n) is 1.32. The van der Waals surface area contributed by atoms with Crippen LogP contribution in [0.1, 0.15) is 16.2 Å². The van der Waals surface area contributed by atoms with E-state index in [0.717, 1.165) is 0 Å². The molecular weight excluding hydrogens is 321 g/mol. The van der Waals surface area contributed by atoms with E-state index in [-0.39, 0.29) is 10.8 Å². The van der Waals surface area contributed by atoms with Crippen LogP contribution in [0.4, 0.5) is 0 Å². The normalized spacial score (nSPS) is 10.4. The molecule has 0 aromatic carbocycles. The second kappa shape index (κ2) is 6.39. The molecule has 8 heteroatoms. The number of carbonyl (C=O) groups is 1. The van der Waals surface area contributed by atoms with Gasteiger partial charge in [0.05, 0.1) is 24.0 Å². The van der Waals surface area contributed by atoms with Crippen molar-refractivity contribution in [3.8, 4) is 0 Å². The Bertz CT molecular complexity index is 667. The summed E-state index contributed by atoms with van der Waals surface area (Å²) in [6.07, 6.45) is 2.91. The number of ether oxygens (including phenoxy) is 1. The number of carbonyl (C=O) groups excluding carboxylic acids is 1. The van der Waals surface area contributed by atoms with Crippen molar-refractivity contribution in [1.29, 1.82) is 0 Å². The van der Waals surface area contributed by atoms with Gasteiger partial charge in [-0.25, -0.2) is 14.8 Å². The summed E-state index contributed by atoms with van der Waals surface area (Å²) in [5.41, 5.74) is 0.809. The minimum absolute atomic E-state index is 0.136. The summed E-state index contributed by atoms with van der Waals surface area (Å²) in [5.74, 6) is -0.543. The van der Waals surface area contributed by atoms with Crippen molar-refractivity contribution in [3.05, 3.63) is 40.0 Å². The molecule has 0 N–H and O–H groups in total. The lowest BCUT2D eigenvalue weighted by atomic mass is 10.4. The van der Waals surface area contributed by atoms with E-state index in [1.165, 1.54) is 25.1 Å². The molecule has 2 heterocycles. The lowest BCUT2D eigenvalue weighted by Crippen LogP contribution is -2.06. The van der Waals surface area contributed by atoms with Gasteiger partial charge >= 0.3 is 5.97 Å². The molecule has 0 amide bonds. The largest absolute Gasteiger partial charge is 0.464 e. The van der Waals surface area contributed by atoms with Crippen LogP contribution in [-0.4, -0.2) is 28.0 Å². The average Bonchev–Trinajstić information content (AvgIpc) is 2.45. The summed E-state index contributed by atoms with van der Waals surface area (Å²) >= 11 is 13.2. The van der Waals surface area contributed by atoms with Gasteiger partial charge in [0, 0.05) is 11.1 Å². The predicted octanol–water partition coefficient (Wildman–Crippen LogP) is 3.42. The van der Waals surface area contributed by atoms with Crippen molar-refractivity contribution in [2.45, 2.75) is 16.8 Å². The average molecular weight is 330 g/mol. The molecule has 0 saturated heterocycles. The van der Waals surface area contributed by atoms with Crippen molar-refractivity contribution in [2.75, 3.05) is 7.11 Å². The molecule has 2 aromatic heterocycles. The number of halogens is 2. The summed E-state index contributed by atoms with van der Waals surface area (Å²) in [7, 11) is 1.29. The first-order chi connectivity index (χ1) is 9.52. The number of aromatic nitrogens is 3. The lowest BCUT2D eigenvalue weighted by molar-refractivity contribution is 0.0592. The Labute approximate surface area is 129 Å². The molecule has 0 unspecified atom stereocenters. The fraction of sp³-hybridized carbons (Fsp3) is 0.167. The molecule has 0 saturated carbocycles. The van der Waals surface area contributed by atoms with Crippen LogP contribution in [0.3, 0.4) is 0 Å². The summed E-state index contributed by atoms with van der Waals surface area (Å²) in [4.78, 5) is 24.4. The zero-order chi connectivity index (χ0) is 14.7. The Kier molecular flexibility index (Phi) is 4.80. The topological polar surface area (TPSA) is 65.0 Å². The molecule has 0 aliphatic heterocycles. The first kappa shape index (κ1) is 15.0. The van der Waals surface area contributed by atoms with Gasteiger partial charge in [-0.3, -0.25) is 4.98 Å². The molecule has 0 bridgehead atoms. The van der Waals surface area contributed by atoms with Crippen molar-refractivity contribution >= 4 is 40.9 Å². The molecule has 2 aromatic rings. The monoisotopic (exact) mass is 329 g/mol. The highest BCUT2D eigenvalue weighted by Gasteiger charge is 2.14. The van der Waals surface area contributed by atoms with Gasteiger partial charge in [0.2, 0.25) is 0 Å². The van der Waals surface area contributed by atoms with E-state index < -0.39 is 5.97 Å². The summed E-state index contributed by atoms with van der Waals surface area (Å²) in [6, 6.07) is 1.71. The minimum Gasteiger partial charge on any atom is -0.464 e. The Hall–Kier alpha value is -1.37. The van der Waals surface area contributed by atoms with Gasteiger partial charge in [-0.1, -0.05) is 35.0 Å². The maximum Gasteiger partial charge on any atom is 0.358 e. The van der Waals surface area contributed by atoms with Crippen molar-refractivity contribution in [3.63, 3.8) is 0 Å². The Balaban J connectivity index is 2.38. The number of aryl methyl sites for hydroxylation is 1. The van der Waals surface area contributed by atoms with Crippen LogP contribution >= 0.6 is 35.0 Å². The zero-order valence-electron chi connectivity index (χ0n) is 10.6. The highest BCUT2D eigenvalue weighted by molar-refractivity contribution is 7.99. The van der Waals surface area contributed by atoms with Gasteiger partial charge in [0.1, 0.15) is 10.2 Å². The number of hydrogen-bond donors (Lipinski definition) is 0. The van der Waals surface area contributed by atoms with E-state index in [0.29, 0.717) is 20.6 Å². The Morgan fingerprint density at radius 1 is 1.35 bits per heavy atom. The van der Waals surface area contributed by atoms with Gasteiger partial charge in [0.25, 0.3) is 0 Å². The molecule has 20 heavy (non-hydrogen) atoms. The third-order valence-electron chi connectivity index (χ3n) is 2.32. The van der Waals surface area contributed by atoms with E-state index in [1.54, 1.807) is 19.2 Å². The van der Waals surface area contributed by atoms with E-state index in [2.05, 4.69) is 19.7 Å². The fourth-order valence-corrected chi connectivity index (χ4v) is 2.63. The first-order valence-corrected chi connectivity index (χ1v) is 7.00. The van der Waals surface area contributed by atoms with Crippen molar-refractivity contribution in [2.24, 2.45) is 0 Å². The van der Waals surface area contributed by atoms with E-state index in [4.69, 9.17) is 23.2 Å². The smallest absolute Gasteiger partial charge is 0.358 e. The summed E-state index contributed by atoms with van der Waals surface area (Å²) in [6.45, 7) is 1.78. The van der Waals surface area contributed by atoms with Crippen molar-refractivity contribution in [1.82, 2.24) is 15.0 Å². The third-order valence-corrected chi connectivity index (χ3v) is 4.34. The minimum atomic E-state index is -0.543. The molecule has 0 aliphatic carbocycles. The molecule has 5 nitrogen and oxygen atoms in total. The standard InChI is InChI=1S/C12H9Cl2N3O2S/c1-6-11(17-7(5-16-6)12(18)19-2)20-8-3-4-15-10(14)9(8)13/h3-5H,1-2H3. The number of methoxy groups -OCH3 is 1. The number of pyridine rings is 1. The second-order valence-corrected chi connectivity index (χ2v) is 5.42. The molecule has 0 aliphatic rings. The van der Waals surface area contributed by atoms with Crippen LogP contribution in [0.15, 0.2) is 28.4 Å². The van der Waals surface area contributed by atoms with E-state index >= 15 is 0 Å². The molecule has 0 atom stereocenters. The Morgan fingerprint density at radius 3 is 2.80 bits per heavy atom. The van der Waals surface area contributed by atoms with Crippen LogP contribution in [0.25, 0.3) is 0 Å². The molecule has 0 fully saturated rings. The molecule has 0 radical (unpaired) electrons.